The molecule has 44 heavy (non-hydrogen) atoms. The summed E-state index contributed by atoms with van der Waals surface area (Å²) in [6.45, 7) is 13.5. The average molecular weight is 615 g/mol. The molecule has 2 atom stereocenters. The molecule has 0 bridgehead atoms. The van der Waals surface area contributed by atoms with Crippen molar-refractivity contribution in [1.82, 2.24) is 24.2 Å². The van der Waals surface area contributed by atoms with Gasteiger partial charge in [-0.05, 0) is 75.4 Å². The number of carbonyl (C=O) groups excluding carboxylic acids is 1. The van der Waals surface area contributed by atoms with Crippen LogP contribution in [0.15, 0.2) is 55.0 Å². The summed E-state index contributed by atoms with van der Waals surface area (Å²) in [4.78, 5) is 20.4. The van der Waals surface area contributed by atoms with E-state index in [4.69, 9.17) is 9.47 Å². The Balaban J connectivity index is 1.16. The molecule has 3 aromatic heterocycles. The Morgan fingerprint density at radius 3 is 2.64 bits per heavy atom. The predicted octanol–water partition coefficient (Wildman–Crippen LogP) is 7.15. The molecule has 5 heterocycles. The second-order valence-electron chi connectivity index (χ2n) is 13.6. The van der Waals surface area contributed by atoms with Crippen molar-refractivity contribution >= 4 is 30.7 Å². The second kappa shape index (κ2) is 13.4. The third-order valence-electron chi connectivity index (χ3n) is 8.92. The molecule has 0 aliphatic carbocycles. The molecule has 2 saturated heterocycles. The first kappa shape index (κ1) is 30.7. The summed E-state index contributed by atoms with van der Waals surface area (Å²) < 4.78 is 16.2. The molecule has 0 radical (unpaired) electrons. The van der Waals surface area contributed by atoms with Gasteiger partial charge in [-0.15, -0.1) is 0 Å². The zero-order chi connectivity index (χ0) is 30.7. The third kappa shape index (κ3) is 7.31. The third-order valence-corrected chi connectivity index (χ3v) is 10.6. The predicted molar refractivity (Wildman–Crippen MR) is 177 cm³/mol. The maximum Gasteiger partial charge on any atom is 0.256 e. The lowest BCUT2D eigenvalue weighted by Crippen LogP contribution is -2.27. The number of likely N-dealkylation sites (tertiary alicyclic amines) is 1. The molecule has 1 aromatic carbocycles. The number of nitrogens with one attached hydrogen (secondary N) is 1. The van der Waals surface area contributed by atoms with Crippen molar-refractivity contribution in [3.8, 4) is 11.1 Å². The number of ether oxygens (including phenoxy) is 2. The smallest absolute Gasteiger partial charge is 0.256 e. The van der Waals surface area contributed by atoms with Gasteiger partial charge >= 0.3 is 0 Å². The fourth-order valence-electron chi connectivity index (χ4n) is 6.11. The van der Waals surface area contributed by atoms with Crippen LogP contribution in [0.2, 0.25) is 25.7 Å². The number of fused-ring (bicyclic) bond motifs is 1. The van der Waals surface area contributed by atoms with Gasteiger partial charge in [-0.1, -0.05) is 31.8 Å². The van der Waals surface area contributed by atoms with Crippen molar-refractivity contribution in [1.29, 1.82) is 0 Å². The standard InChI is InChI=1S/C34H46N6O3Si/c1-25-8-7-14-38(25)23-30-18-28-20-35-32(19-31(28)39(30)24-42-16-17-44(2,3)4)37-34(41)27-12-10-26(11-13-27)29-21-36-40(22-29)33-9-5-6-15-43-33/h10-13,18-22,25,33H,5-9,14-17,23-24H2,1-4H3,(H,35,37,41)/t25-,33?/m1/s1. The molecular weight excluding hydrogens is 568 g/mol. The number of pyridine rings is 1. The number of rotatable bonds is 11. The Morgan fingerprint density at radius 1 is 1.07 bits per heavy atom. The van der Waals surface area contributed by atoms with Crippen molar-refractivity contribution in [3.05, 3.63) is 66.2 Å². The molecule has 234 valence electrons. The lowest BCUT2D eigenvalue weighted by atomic mass is 10.1. The maximum absolute atomic E-state index is 13.3. The maximum atomic E-state index is 13.3. The number of nitrogens with zero attached hydrogens (tertiary/aromatic N) is 5. The molecule has 10 heteroatoms. The van der Waals surface area contributed by atoms with E-state index in [2.05, 4.69) is 57.5 Å². The lowest BCUT2D eigenvalue weighted by Gasteiger charge is -2.22. The molecule has 2 fully saturated rings. The van der Waals surface area contributed by atoms with Crippen LogP contribution in [0.4, 0.5) is 5.82 Å². The molecule has 1 N–H and O–H groups in total. The summed E-state index contributed by atoms with van der Waals surface area (Å²) in [5.74, 6) is 0.341. The summed E-state index contributed by atoms with van der Waals surface area (Å²) in [6.07, 6.45) is 11.5. The van der Waals surface area contributed by atoms with Crippen molar-refractivity contribution in [2.45, 2.75) is 90.3 Å². The molecule has 2 aliphatic heterocycles. The normalized spacial score (nSPS) is 19.5. The highest BCUT2D eigenvalue weighted by atomic mass is 28.3. The van der Waals surface area contributed by atoms with E-state index in [1.165, 1.54) is 18.5 Å². The number of anilines is 1. The number of hydrogen-bond donors (Lipinski definition) is 1. The second-order valence-corrected chi connectivity index (χ2v) is 19.2. The van der Waals surface area contributed by atoms with Crippen molar-refractivity contribution in [3.63, 3.8) is 0 Å². The van der Waals surface area contributed by atoms with Gasteiger partial charge in [-0.2, -0.15) is 5.10 Å². The summed E-state index contributed by atoms with van der Waals surface area (Å²) in [5, 5.41) is 8.60. The first-order valence-electron chi connectivity index (χ1n) is 16.1. The highest BCUT2D eigenvalue weighted by molar-refractivity contribution is 6.76. The van der Waals surface area contributed by atoms with E-state index in [0.29, 0.717) is 24.2 Å². The topological polar surface area (TPSA) is 86.4 Å². The van der Waals surface area contributed by atoms with E-state index in [9.17, 15) is 4.79 Å². The average Bonchev–Trinajstić information content (AvgIpc) is 3.75. The number of amides is 1. The first-order valence-corrected chi connectivity index (χ1v) is 19.8. The minimum Gasteiger partial charge on any atom is -0.361 e. The quantitative estimate of drug-likeness (QED) is 0.143. The lowest BCUT2D eigenvalue weighted by molar-refractivity contribution is -0.0394. The van der Waals surface area contributed by atoms with Gasteiger partial charge < -0.3 is 19.4 Å². The van der Waals surface area contributed by atoms with Gasteiger partial charge in [0.15, 0.2) is 0 Å². The largest absolute Gasteiger partial charge is 0.361 e. The molecule has 0 saturated carbocycles. The monoisotopic (exact) mass is 614 g/mol. The molecule has 1 amide bonds. The van der Waals surface area contributed by atoms with Gasteiger partial charge in [0.2, 0.25) is 0 Å². The summed E-state index contributed by atoms with van der Waals surface area (Å²) in [5.41, 5.74) is 4.84. The van der Waals surface area contributed by atoms with Crippen LogP contribution in [0, 0.1) is 0 Å². The summed E-state index contributed by atoms with van der Waals surface area (Å²) in [7, 11) is -1.18. The minimum atomic E-state index is -1.18. The number of aromatic nitrogens is 4. The number of carbonyl (C=O) groups is 1. The Bertz CT molecular complexity index is 1570. The van der Waals surface area contributed by atoms with Gasteiger partial charge in [-0.3, -0.25) is 9.69 Å². The Morgan fingerprint density at radius 2 is 1.91 bits per heavy atom. The van der Waals surface area contributed by atoms with Crippen molar-refractivity contribution < 1.29 is 14.3 Å². The number of hydrogen-bond acceptors (Lipinski definition) is 6. The van der Waals surface area contributed by atoms with Crippen molar-refractivity contribution in [2.24, 2.45) is 0 Å². The van der Waals surface area contributed by atoms with Crippen LogP contribution in [-0.4, -0.2) is 64.0 Å². The van der Waals surface area contributed by atoms with Crippen LogP contribution in [0.5, 0.6) is 0 Å². The van der Waals surface area contributed by atoms with Crippen molar-refractivity contribution in [2.75, 3.05) is 25.1 Å². The Labute approximate surface area is 261 Å². The summed E-state index contributed by atoms with van der Waals surface area (Å²) >= 11 is 0. The van der Waals surface area contributed by atoms with Crippen LogP contribution in [-0.2, 0) is 22.7 Å². The first-order chi connectivity index (χ1) is 21.2. The van der Waals surface area contributed by atoms with Gasteiger partial charge in [0.1, 0.15) is 18.8 Å². The zero-order valence-electron chi connectivity index (χ0n) is 26.6. The fourth-order valence-corrected chi connectivity index (χ4v) is 6.87. The zero-order valence-corrected chi connectivity index (χ0v) is 27.6. The molecule has 0 spiro atoms. The molecule has 4 aromatic rings. The van der Waals surface area contributed by atoms with Gasteiger partial charge in [0, 0.05) is 74.5 Å². The highest BCUT2D eigenvalue weighted by Crippen LogP contribution is 2.28. The summed E-state index contributed by atoms with van der Waals surface area (Å²) in [6, 6.07) is 13.5. The molecule has 9 nitrogen and oxygen atoms in total. The van der Waals surface area contributed by atoms with Crippen LogP contribution in [0.3, 0.4) is 0 Å². The van der Waals surface area contributed by atoms with Crippen LogP contribution < -0.4 is 5.32 Å². The fraction of sp³-hybridized carbons (Fsp3) is 0.500. The van der Waals surface area contributed by atoms with E-state index in [1.54, 1.807) is 0 Å². The van der Waals surface area contributed by atoms with E-state index < -0.39 is 8.07 Å². The molecule has 6 rings (SSSR count). The van der Waals surface area contributed by atoms with Crippen LogP contribution in [0.25, 0.3) is 22.0 Å². The number of benzene rings is 1. The van der Waals surface area contributed by atoms with Crippen LogP contribution >= 0.6 is 0 Å². The molecular formula is C34H46N6O3Si. The van der Waals surface area contributed by atoms with Gasteiger partial charge in [0.05, 0.1) is 11.7 Å². The van der Waals surface area contributed by atoms with Gasteiger partial charge in [0.25, 0.3) is 5.91 Å². The molecule has 2 aliphatic rings. The van der Waals surface area contributed by atoms with Crippen LogP contribution in [0.1, 0.15) is 61.3 Å². The highest BCUT2D eigenvalue weighted by Gasteiger charge is 2.23. The molecule has 1 unspecified atom stereocenters. The SMILES string of the molecule is C[C@@H]1CCCN1Cc1cc2cnc(NC(=O)c3ccc(-c4cnn(C5CCCCO5)c4)cc3)cc2n1COCC[Si](C)(C)C. The van der Waals surface area contributed by atoms with E-state index in [1.807, 2.05) is 53.6 Å². The minimum absolute atomic E-state index is 0.00469. The van der Waals surface area contributed by atoms with E-state index >= 15 is 0 Å². The Kier molecular flexibility index (Phi) is 9.32. The van der Waals surface area contributed by atoms with E-state index in [-0.39, 0.29) is 12.1 Å². The van der Waals surface area contributed by atoms with E-state index in [0.717, 1.165) is 73.6 Å². The Hall–Kier alpha value is -3.31. The van der Waals surface area contributed by atoms with Gasteiger partial charge in [-0.25, -0.2) is 9.67 Å².